The van der Waals surface area contributed by atoms with E-state index in [1.54, 1.807) is 0 Å². The van der Waals surface area contributed by atoms with Crippen LogP contribution in [0.5, 0.6) is 0 Å². The molecule has 0 heterocycles. The molecule has 1 aromatic rings. The van der Waals surface area contributed by atoms with Gasteiger partial charge in [-0.3, -0.25) is 0 Å². The zero-order chi connectivity index (χ0) is 12.9. The van der Waals surface area contributed by atoms with Gasteiger partial charge in [0, 0.05) is 5.33 Å². The predicted octanol–water partition coefficient (Wildman–Crippen LogP) is 2.03. The summed E-state index contributed by atoms with van der Waals surface area (Å²) in [6.07, 6.45) is 0.557. The van der Waals surface area contributed by atoms with Crippen molar-refractivity contribution in [2.45, 2.75) is 11.3 Å². The van der Waals surface area contributed by atoms with Crippen molar-refractivity contribution in [1.82, 2.24) is 0 Å². The molecule has 1 rings (SSSR count). The molecule has 0 amide bonds. The molecule has 0 spiro atoms. The van der Waals surface area contributed by atoms with Crippen LogP contribution in [0.15, 0.2) is 29.2 Å². The first-order valence-corrected chi connectivity index (χ1v) is 7.75. The Morgan fingerprint density at radius 2 is 1.88 bits per heavy atom. The summed E-state index contributed by atoms with van der Waals surface area (Å²) in [5.74, 6) is -0.384. The summed E-state index contributed by atoms with van der Waals surface area (Å²) in [4.78, 5) is 11.4. The fourth-order valence-electron chi connectivity index (χ4n) is 1.28. The van der Waals surface area contributed by atoms with Crippen molar-refractivity contribution < 1.29 is 17.9 Å². The highest BCUT2D eigenvalue weighted by Gasteiger charge is 2.14. The monoisotopic (exact) mass is 320 g/mol. The maximum absolute atomic E-state index is 11.8. The standard InChI is InChI=1S/C11H13BrO4S/c1-16-11(13)9-3-5-10(6-4-9)17(14,15)8-2-7-12/h3-6H,2,7-8H2,1H3. The van der Waals surface area contributed by atoms with E-state index < -0.39 is 15.8 Å². The molecule has 17 heavy (non-hydrogen) atoms. The van der Waals surface area contributed by atoms with Crippen molar-refractivity contribution in [2.24, 2.45) is 0 Å². The van der Waals surface area contributed by atoms with Gasteiger partial charge >= 0.3 is 5.97 Å². The van der Waals surface area contributed by atoms with Crippen molar-refractivity contribution in [3.63, 3.8) is 0 Å². The molecule has 0 aliphatic rings. The Hall–Kier alpha value is -0.880. The van der Waals surface area contributed by atoms with Gasteiger partial charge in [0.1, 0.15) is 0 Å². The summed E-state index contributed by atoms with van der Waals surface area (Å²) in [6, 6.07) is 5.76. The molecule has 0 unspecified atom stereocenters. The number of halogens is 1. The minimum Gasteiger partial charge on any atom is -0.465 e. The van der Waals surface area contributed by atoms with Crippen LogP contribution in [0.3, 0.4) is 0 Å². The van der Waals surface area contributed by atoms with Crippen LogP contribution in [0.25, 0.3) is 0 Å². The third kappa shape index (κ3) is 3.81. The van der Waals surface area contributed by atoms with E-state index in [-0.39, 0.29) is 10.6 Å². The van der Waals surface area contributed by atoms with Crippen LogP contribution >= 0.6 is 15.9 Å². The van der Waals surface area contributed by atoms with Gasteiger partial charge in [-0.2, -0.15) is 0 Å². The Labute approximate surface area is 109 Å². The maximum Gasteiger partial charge on any atom is 0.337 e. The summed E-state index contributed by atoms with van der Waals surface area (Å²) < 4.78 is 28.1. The van der Waals surface area contributed by atoms with Crippen LogP contribution < -0.4 is 0 Å². The van der Waals surface area contributed by atoms with Crippen molar-refractivity contribution in [3.8, 4) is 0 Å². The normalized spacial score (nSPS) is 11.2. The summed E-state index contributed by atoms with van der Waals surface area (Å²) >= 11 is 3.19. The first-order valence-electron chi connectivity index (χ1n) is 4.98. The lowest BCUT2D eigenvalue weighted by atomic mass is 10.2. The van der Waals surface area contributed by atoms with E-state index in [9.17, 15) is 13.2 Å². The predicted molar refractivity (Wildman–Crippen MR) is 68.2 cm³/mol. The average molecular weight is 321 g/mol. The first-order chi connectivity index (χ1) is 8.01. The SMILES string of the molecule is COC(=O)c1ccc(S(=O)(=O)CCCBr)cc1. The Balaban J connectivity index is 2.91. The zero-order valence-corrected chi connectivity index (χ0v) is 11.8. The zero-order valence-electron chi connectivity index (χ0n) is 9.35. The number of methoxy groups -OCH3 is 1. The Morgan fingerprint density at radius 1 is 1.29 bits per heavy atom. The van der Waals surface area contributed by atoms with Crippen molar-refractivity contribution in [2.75, 3.05) is 18.2 Å². The summed E-state index contributed by atoms with van der Waals surface area (Å²) in [7, 11) is -1.97. The highest BCUT2D eigenvalue weighted by molar-refractivity contribution is 9.09. The van der Waals surface area contributed by atoms with Gasteiger partial charge in [0.2, 0.25) is 0 Å². The van der Waals surface area contributed by atoms with Gasteiger partial charge in [0.05, 0.1) is 23.3 Å². The molecule has 0 fully saturated rings. The van der Waals surface area contributed by atoms with E-state index in [1.807, 2.05) is 0 Å². The number of sulfone groups is 1. The highest BCUT2D eigenvalue weighted by atomic mass is 79.9. The van der Waals surface area contributed by atoms with E-state index in [4.69, 9.17) is 0 Å². The first kappa shape index (κ1) is 14.2. The van der Waals surface area contributed by atoms with Gasteiger partial charge in [-0.1, -0.05) is 15.9 Å². The molecule has 94 valence electrons. The van der Waals surface area contributed by atoms with Crippen LogP contribution in [0.2, 0.25) is 0 Å². The van der Waals surface area contributed by atoms with Crippen LogP contribution in [0, 0.1) is 0 Å². The number of alkyl halides is 1. The second-order valence-corrected chi connectivity index (χ2v) is 6.28. The van der Waals surface area contributed by atoms with Gasteiger partial charge in [-0.05, 0) is 30.7 Å². The van der Waals surface area contributed by atoms with Crippen LogP contribution in [-0.2, 0) is 14.6 Å². The van der Waals surface area contributed by atoms with E-state index in [0.29, 0.717) is 17.3 Å². The second kappa shape index (κ2) is 6.16. The lowest BCUT2D eigenvalue weighted by Crippen LogP contribution is -2.08. The van der Waals surface area contributed by atoms with Crippen molar-refractivity contribution in [1.29, 1.82) is 0 Å². The number of hydrogen-bond donors (Lipinski definition) is 0. The smallest absolute Gasteiger partial charge is 0.337 e. The number of ether oxygens (including phenoxy) is 1. The highest BCUT2D eigenvalue weighted by Crippen LogP contribution is 2.14. The quantitative estimate of drug-likeness (QED) is 0.615. The van der Waals surface area contributed by atoms with Crippen LogP contribution in [-0.4, -0.2) is 32.6 Å². The number of carbonyl (C=O) groups excluding carboxylic acids is 1. The third-order valence-electron chi connectivity index (χ3n) is 2.18. The van der Waals surface area contributed by atoms with Gasteiger partial charge in [-0.25, -0.2) is 13.2 Å². The molecule has 0 aliphatic carbocycles. The Morgan fingerprint density at radius 3 is 2.35 bits per heavy atom. The molecule has 0 N–H and O–H groups in total. The molecule has 0 saturated heterocycles. The summed E-state index contributed by atoms with van der Waals surface area (Å²) in [5, 5.41) is 0.645. The van der Waals surface area contributed by atoms with Crippen LogP contribution in [0.4, 0.5) is 0 Å². The summed E-state index contributed by atoms with van der Waals surface area (Å²) in [5.41, 5.74) is 0.340. The number of carbonyl (C=O) groups is 1. The molecule has 4 nitrogen and oxygen atoms in total. The molecule has 0 bridgehead atoms. The second-order valence-electron chi connectivity index (χ2n) is 3.38. The van der Waals surface area contributed by atoms with E-state index >= 15 is 0 Å². The van der Waals surface area contributed by atoms with Crippen molar-refractivity contribution in [3.05, 3.63) is 29.8 Å². The molecule has 6 heteroatoms. The number of hydrogen-bond acceptors (Lipinski definition) is 4. The topological polar surface area (TPSA) is 60.4 Å². The minimum atomic E-state index is -3.25. The summed E-state index contributed by atoms with van der Waals surface area (Å²) in [6.45, 7) is 0. The molecule has 1 aromatic carbocycles. The fourth-order valence-corrected chi connectivity index (χ4v) is 3.24. The van der Waals surface area contributed by atoms with Gasteiger partial charge in [0.15, 0.2) is 9.84 Å². The van der Waals surface area contributed by atoms with Gasteiger partial charge < -0.3 is 4.74 Å². The number of esters is 1. The van der Waals surface area contributed by atoms with Crippen molar-refractivity contribution >= 4 is 31.7 Å². The molecule has 0 saturated carbocycles. The maximum atomic E-state index is 11.8. The Bertz CT molecular complexity index is 479. The van der Waals surface area contributed by atoms with E-state index in [2.05, 4.69) is 20.7 Å². The molecule has 0 atom stereocenters. The third-order valence-corrected chi connectivity index (χ3v) is 4.56. The molecule has 0 aromatic heterocycles. The van der Waals surface area contributed by atoms with E-state index in [0.717, 1.165) is 0 Å². The van der Waals surface area contributed by atoms with Crippen LogP contribution in [0.1, 0.15) is 16.8 Å². The minimum absolute atomic E-state index is 0.0931. The lowest BCUT2D eigenvalue weighted by molar-refractivity contribution is 0.0600. The van der Waals surface area contributed by atoms with Gasteiger partial charge in [-0.15, -0.1) is 0 Å². The van der Waals surface area contributed by atoms with Gasteiger partial charge in [0.25, 0.3) is 0 Å². The van der Waals surface area contributed by atoms with E-state index in [1.165, 1.54) is 31.4 Å². The number of rotatable bonds is 5. The molecular weight excluding hydrogens is 308 g/mol. The largest absolute Gasteiger partial charge is 0.465 e. The average Bonchev–Trinajstić information content (AvgIpc) is 2.35. The molecule has 0 radical (unpaired) electrons. The lowest BCUT2D eigenvalue weighted by Gasteiger charge is -2.04. The Kier molecular flexibility index (Phi) is 5.14. The molecular formula is C11H13BrO4S. The fraction of sp³-hybridized carbons (Fsp3) is 0.364. The molecule has 0 aliphatic heterocycles. The number of benzene rings is 1.